The van der Waals surface area contributed by atoms with Crippen molar-refractivity contribution in [2.45, 2.75) is 91.7 Å². The van der Waals surface area contributed by atoms with Crippen molar-refractivity contribution in [3.05, 3.63) is 303 Å². The van der Waals surface area contributed by atoms with Gasteiger partial charge >= 0.3 is 17.1 Å². The summed E-state index contributed by atoms with van der Waals surface area (Å²) in [7, 11) is -13.9. The molecule has 0 bridgehead atoms. The molecule has 0 aliphatic heterocycles. The SMILES string of the molecule is C[Si](C)(C)O[Si](C)(O[Si](C)(C)C)c1cccc(-c2ccc(N(c3ccccc3)c3ccc(-c4ccc(N(c5ccccc5)c5ccc(-c6cccc([Si](C)(O[Si](C)(C)C)O[Si](C)(C)C)c6)c(Nc6ccccc6)c5-c5ccccc5)cc4)cc3)c(-c3ccccc3)c2Nc2ccccc2)c1. The summed E-state index contributed by atoms with van der Waals surface area (Å²) in [5, 5.41) is 10.3. The highest BCUT2D eigenvalue weighted by Gasteiger charge is 2.44. The topological polar surface area (TPSA) is 67.5 Å². The smallest absolute Gasteiger partial charge is 0.348 e. The average molecular weight is 1420 g/mol. The second-order valence-electron chi connectivity index (χ2n) is 29.8. The van der Waals surface area contributed by atoms with Crippen LogP contribution in [-0.4, -0.2) is 50.4 Å². The lowest BCUT2D eigenvalue weighted by Crippen LogP contribution is -2.60. The number of hydrogen-bond donors (Lipinski definition) is 2. The predicted molar refractivity (Wildman–Crippen MR) is 443 cm³/mol. The quantitative estimate of drug-likeness (QED) is 0.0549. The number of nitrogens with zero attached hydrogens (tertiary/aromatic N) is 2. The molecule has 100 heavy (non-hydrogen) atoms. The lowest BCUT2D eigenvalue weighted by molar-refractivity contribution is 0.403. The van der Waals surface area contributed by atoms with Gasteiger partial charge in [-0.15, -0.1) is 0 Å². The molecule has 0 aliphatic rings. The van der Waals surface area contributed by atoms with Gasteiger partial charge in [0.15, 0.2) is 33.3 Å². The molecule has 12 aromatic rings. The Morgan fingerprint density at radius 3 is 0.810 bits per heavy atom. The minimum absolute atomic E-state index is 0.990. The lowest BCUT2D eigenvalue weighted by Gasteiger charge is -2.39. The van der Waals surface area contributed by atoms with Crippen LogP contribution in [0.25, 0.3) is 55.6 Å². The van der Waals surface area contributed by atoms with Crippen LogP contribution in [0.4, 0.5) is 56.9 Å². The maximum atomic E-state index is 7.17. The molecule has 0 atom stereocenters. The Hall–Kier alpha value is -9.02. The van der Waals surface area contributed by atoms with E-state index in [4.69, 9.17) is 16.5 Å². The Morgan fingerprint density at radius 1 is 0.240 bits per heavy atom. The zero-order chi connectivity index (χ0) is 70.5. The Labute approximate surface area is 601 Å². The van der Waals surface area contributed by atoms with Gasteiger partial charge in [0.1, 0.15) is 0 Å². The van der Waals surface area contributed by atoms with Gasteiger partial charge in [-0.3, -0.25) is 0 Å². The van der Waals surface area contributed by atoms with E-state index < -0.39 is 50.4 Å². The standard InChI is InChI=1S/C86H94N4O4Si6/c1-95(2,3)91-99(13,92-96(4,5)6)77-49-33-39-69(63-77)79-59-61-81(83(67-35-21-15-22-36-67)85(79)87-71-41-25-17-26-42-71)89(73-45-29-19-30-46-73)75-55-51-65(52-56-75)66-53-57-76(58-54-66)90(74-47-31-20-32-48-74)82-62-60-80(86(88-72-43-27-18-28-44-72)84(82)68-37-23-16-24-38-68)70-40-34-50-78(64-70)100(14,93-97(7,8)9)94-98(10,11)12/h15-64,87-88H,1-14H3. The highest BCUT2D eigenvalue weighted by molar-refractivity contribution is 6.95. The van der Waals surface area contributed by atoms with E-state index in [1.807, 2.05) is 0 Å². The van der Waals surface area contributed by atoms with E-state index in [-0.39, 0.29) is 0 Å². The van der Waals surface area contributed by atoms with E-state index in [1.54, 1.807) is 0 Å². The molecular weight excluding hydrogens is 1320 g/mol. The van der Waals surface area contributed by atoms with E-state index in [0.717, 1.165) is 123 Å². The predicted octanol–water partition coefficient (Wildman–Crippen LogP) is 24.4. The fourth-order valence-electron chi connectivity index (χ4n) is 13.6. The summed E-state index contributed by atoms with van der Waals surface area (Å²) in [6.45, 7) is 31.7. The van der Waals surface area contributed by atoms with Crippen LogP contribution in [0.3, 0.4) is 0 Å². The van der Waals surface area contributed by atoms with Crippen LogP contribution in [0.15, 0.2) is 303 Å². The van der Waals surface area contributed by atoms with Crippen LogP contribution in [0.2, 0.25) is 91.7 Å². The van der Waals surface area contributed by atoms with Gasteiger partial charge < -0.3 is 36.9 Å². The molecule has 8 nitrogen and oxygen atoms in total. The molecule has 0 spiro atoms. The molecule has 0 aliphatic carbocycles. The van der Waals surface area contributed by atoms with Crippen molar-refractivity contribution >= 4 is 118 Å². The fraction of sp³-hybridized carbons (Fsp3) is 0.163. The van der Waals surface area contributed by atoms with Crippen molar-refractivity contribution in [3.8, 4) is 55.6 Å². The fourth-order valence-corrected chi connectivity index (χ4v) is 36.9. The first-order valence-electron chi connectivity index (χ1n) is 34.8. The van der Waals surface area contributed by atoms with Gasteiger partial charge in [-0.25, -0.2) is 0 Å². The summed E-state index contributed by atoms with van der Waals surface area (Å²) in [6, 6.07) is 109. The van der Waals surface area contributed by atoms with E-state index in [2.05, 4.69) is 415 Å². The molecule has 12 aromatic carbocycles. The minimum Gasteiger partial charge on any atom is -0.433 e. The molecule has 0 radical (unpaired) electrons. The van der Waals surface area contributed by atoms with Crippen LogP contribution in [0, 0.1) is 0 Å². The van der Waals surface area contributed by atoms with Gasteiger partial charge in [-0.05, 0) is 220 Å². The van der Waals surface area contributed by atoms with Crippen LogP contribution >= 0.6 is 0 Å². The number of benzene rings is 12. The Bertz CT molecular complexity index is 4390. The first kappa shape index (κ1) is 70.8. The molecule has 0 amide bonds. The van der Waals surface area contributed by atoms with E-state index >= 15 is 0 Å². The summed E-state index contributed by atoms with van der Waals surface area (Å²) >= 11 is 0. The summed E-state index contributed by atoms with van der Waals surface area (Å²) in [4.78, 5) is 4.79. The summed E-state index contributed by atoms with van der Waals surface area (Å²) in [6.07, 6.45) is 0. The number of rotatable bonds is 25. The molecule has 0 heterocycles. The maximum Gasteiger partial charge on any atom is 0.348 e. The van der Waals surface area contributed by atoms with Crippen molar-refractivity contribution in [3.63, 3.8) is 0 Å². The molecular formula is C86H94N4O4Si6. The normalized spacial score (nSPS) is 12.3. The molecule has 0 saturated heterocycles. The van der Waals surface area contributed by atoms with Crippen LogP contribution in [-0.2, 0) is 16.5 Å². The van der Waals surface area contributed by atoms with Crippen molar-refractivity contribution in [2.75, 3.05) is 20.4 Å². The minimum atomic E-state index is -2.88. The van der Waals surface area contributed by atoms with Gasteiger partial charge in [0.2, 0.25) is 0 Å². The van der Waals surface area contributed by atoms with Gasteiger partial charge in [-0.1, -0.05) is 218 Å². The number of anilines is 10. The highest BCUT2D eigenvalue weighted by Crippen LogP contribution is 2.51. The van der Waals surface area contributed by atoms with Crippen molar-refractivity contribution < 1.29 is 16.5 Å². The van der Waals surface area contributed by atoms with Crippen molar-refractivity contribution in [1.29, 1.82) is 0 Å². The molecule has 0 unspecified atom stereocenters. The number of para-hydroxylation sites is 4. The van der Waals surface area contributed by atoms with Crippen LogP contribution in [0.5, 0.6) is 0 Å². The van der Waals surface area contributed by atoms with Crippen molar-refractivity contribution in [1.82, 2.24) is 0 Å². The number of hydrogen-bond acceptors (Lipinski definition) is 8. The molecule has 0 saturated carbocycles. The molecule has 0 fully saturated rings. The van der Waals surface area contributed by atoms with Gasteiger partial charge in [0.05, 0.1) is 22.7 Å². The highest BCUT2D eigenvalue weighted by atomic mass is 28.5. The lowest BCUT2D eigenvalue weighted by atomic mass is 9.92. The van der Waals surface area contributed by atoms with E-state index in [0.29, 0.717) is 0 Å². The van der Waals surface area contributed by atoms with Gasteiger partial charge in [0, 0.05) is 56.4 Å². The third-order valence-electron chi connectivity index (χ3n) is 17.1. The molecule has 0 aromatic heterocycles. The molecule has 14 heteroatoms. The van der Waals surface area contributed by atoms with E-state index in [9.17, 15) is 0 Å². The Kier molecular flexibility index (Phi) is 21.0. The third-order valence-corrected chi connectivity index (χ3v) is 35.8. The van der Waals surface area contributed by atoms with Gasteiger partial charge in [-0.2, -0.15) is 0 Å². The van der Waals surface area contributed by atoms with Gasteiger partial charge in [0.25, 0.3) is 0 Å². The monoisotopic (exact) mass is 1410 g/mol. The first-order chi connectivity index (χ1) is 47.8. The Morgan fingerprint density at radius 2 is 0.510 bits per heavy atom. The summed E-state index contributed by atoms with van der Waals surface area (Å²) in [5.41, 5.74) is 21.0. The van der Waals surface area contributed by atoms with Crippen LogP contribution in [0.1, 0.15) is 0 Å². The Balaban J connectivity index is 0.971. The molecule has 506 valence electrons. The average Bonchev–Trinajstić information content (AvgIpc) is 0.756. The van der Waals surface area contributed by atoms with Crippen molar-refractivity contribution in [2.24, 2.45) is 0 Å². The number of nitrogens with one attached hydrogen (secondary N) is 2. The second kappa shape index (κ2) is 29.7. The maximum absolute atomic E-state index is 7.17. The molecule has 12 rings (SSSR count). The second-order valence-corrected chi connectivity index (χ2v) is 54.9. The largest absolute Gasteiger partial charge is 0.433 e. The zero-order valence-electron chi connectivity index (χ0n) is 60.4. The zero-order valence-corrected chi connectivity index (χ0v) is 66.4. The first-order valence-corrected chi connectivity index (χ1v) is 53.1. The van der Waals surface area contributed by atoms with E-state index in [1.165, 1.54) is 0 Å². The van der Waals surface area contributed by atoms with Crippen LogP contribution < -0.4 is 30.8 Å². The summed E-state index contributed by atoms with van der Waals surface area (Å²) < 4.78 is 28.7. The third kappa shape index (κ3) is 17.1. The summed E-state index contributed by atoms with van der Waals surface area (Å²) in [5.74, 6) is 0. The molecule has 2 N–H and O–H groups in total.